The second kappa shape index (κ2) is 6.09. The fraction of sp³-hybridized carbons (Fsp3) is 0.450. The monoisotopic (exact) mass is 340 g/mol. The third kappa shape index (κ3) is 2.63. The fourth-order valence-corrected chi connectivity index (χ4v) is 4.68. The van der Waals surface area contributed by atoms with Gasteiger partial charge in [-0.1, -0.05) is 6.08 Å². The van der Waals surface area contributed by atoms with Crippen molar-refractivity contribution in [3.05, 3.63) is 53.9 Å². The molecule has 2 bridgehead atoms. The zero-order valence-corrected chi connectivity index (χ0v) is 14.5. The first-order valence-corrected chi connectivity index (χ1v) is 8.87. The summed E-state index contributed by atoms with van der Waals surface area (Å²) in [6.45, 7) is 5.01. The Labute approximate surface area is 147 Å². The molecule has 0 aliphatic carbocycles. The molecule has 132 valence electrons. The quantitative estimate of drug-likeness (QED) is 0.527. The maximum Gasteiger partial charge on any atom is 0.132 e. The number of hydrogen-bond donors (Lipinski definition) is 1. The van der Waals surface area contributed by atoms with Gasteiger partial charge in [0.1, 0.15) is 17.9 Å². The molecule has 25 heavy (non-hydrogen) atoms. The van der Waals surface area contributed by atoms with Gasteiger partial charge in [-0.15, -0.1) is 6.58 Å². The lowest BCUT2D eigenvalue weighted by Crippen LogP contribution is -2.64. The van der Waals surface area contributed by atoms with Crippen LogP contribution in [0.15, 0.2) is 43.1 Å². The first-order chi connectivity index (χ1) is 12.1. The van der Waals surface area contributed by atoms with Crippen molar-refractivity contribution >= 4 is 10.9 Å². The van der Waals surface area contributed by atoms with Gasteiger partial charge >= 0.3 is 0 Å². The van der Waals surface area contributed by atoms with Crippen molar-refractivity contribution in [3.63, 3.8) is 0 Å². The normalized spacial score (nSPS) is 32.5. The van der Waals surface area contributed by atoms with Crippen molar-refractivity contribution < 1.29 is 14.5 Å². The van der Waals surface area contributed by atoms with E-state index in [0.717, 1.165) is 35.1 Å². The number of quaternary nitrogens is 1. The number of aromatic nitrogens is 1. The number of aliphatic hydroxyl groups excluding tert-OH is 1. The van der Waals surface area contributed by atoms with Gasteiger partial charge in [0.2, 0.25) is 0 Å². The highest BCUT2D eigenvalue weighted by molar-refractivity contribution is 5.83. The Morgan fingerprint density at radius 3 is 3.00 bits per heavy atom. The molecule has 3 saturated heterocycles. The van der Waals surface area contributed by atoms with Gasteiger partial charge in [-0.3, -0.25) is 4.98 Å². The average molecular weight is 340 g/mol. The third-order valence-electron chi connectivity index (χ3n) is 6.12. The van der Waals surface area contributed by atoms with Crippen molar-refractivity contribution in [1.82, 2.24) is 4.98 Å². The fourth-order valence-electron chi connectivity index (χ4n) is 4.68. The molecular weight excluding hydrogens is 316 g/mol. The molecule has 3 aliphatic heterocycles. The Hall–Kier alpha value is -1.95. The molecule has 5 nitrogen and oxygen atoms in total. The number of ether oxygens (including phenoxy) is 1. The van der Waals surface area contributed by atoms with Gasteiger partial charge in [-0.05, 0) is 35.7 Å². The number of pyridine rings is 1. The zero-order valence-electron chi connectivity index (χ0n) is 14.5. The minimum atomic E-state index is -0.802. The first kappa shape index (κ1) is 16.5. The SMILES string of the molecule is C=C[C@@H]1C[N+]2([O-])CCC1C[C@H]2[C@H](O)c1ccnc2ccc(OC)cc12. The van der Waals surface area contributed by atoms with Crippen LogP contribution in [0.25, 0.3) is 10.9 Å². The Morgan fingerprint density at radius 1 is 1.44 bits per heavy atom. The van der Waals surface area contributed by atoms with E-state index in [4.69, 9.17) is 4.74 Å². The first-order valence-electron chi connectivity index (χ1n) is 8.87. The number of hydrogen-bond acceptors (Lipinski definition) is 4. The molecule has 0 spiro atoms. The summed E-state index contributed by atoms with van der Waals surface area (Å²) in [7, 11) is 1.62. The Kier molecular flexibility index (Phi) is 4.02. The number of nitrogens with zero attached hydrogens (tertiary/aromatic N) is 2. The van der Waals surface area contributed by atoms with Crippen molar-refractivity contribution in [1.29, 1.82) is 0 Å². The summed E-state index contributed by atoms with van der Waals surface area (Å²) in [4.78, 5) is 4.37. The summed E-state index contributed by atoms with van der Waals surface area (Å²) >= 11 is 0. The summed E-state index contributed by atoms with van der Waals surface area (Å²) in [5, 5.41) is 25.4. The molecule has 5 atom stereocenters. The van der Waals surface area contributed by atoms with Crippen LogP contribution in [0, 0.1) is 17.0 Å². The van der Waals surface area contributed by atoms with E-state index in [9.17, 15) is 10.3 Å². The topological polar surface area (TPSA) is 65.4 Å². The smallest absolute Gasteiger partial charge is 0.132 e. The van der Waals surface area contributed by atoms with Crippen LogP contribution in [0.2, 0.25) is 0 Å². The summed E-state index contributed by atoms with van der Waals surface area (Å²) in [6, 6.07) is 7.12. The largest absolute Gasteiger partial charge is 0.632 e. The standard InChI is InChI=1S/C20H24N2O3/c1-3-13-12-22(24)9-7-14(13)10-19(22)20(23)16-6-8-21-18-5-4-15(25-2)11-17(16)18/h3-6,8,11,13-14,19-20,23H,1,7,9-10,12H2,2H3/t13-,14?,19+,20-,22?/m1/s1. The zero-order chi connectivity index (χ0) is 17.6. The highest BCUT2D eigenvalue weighted by atomic mass is 16.6. The molecule has 1 aromatic carbocycles. The molecular formula is C20H24N2O3. The Morgan fingerprint density at radius 2 is 2.28 bits per heavy atom. The van der Waals surface area contributed by atoms with Crippen LogP contribution in [-0.4, -0.2) is 41.0 Å². The van der Waals surface area contributed by atoms with Gasteiger partial charge < -0.3 is 19.7 Å². The lowest BCUT2D eigenvalue weighted by atomic mass is 9.73. The predicted octanol–water partition coefficient (Wildman–Crippen LogP) is 3.19. The van der Waals surface area contributed by atoms with Crippen molar-refractivity contribution in [2.24, 2.45) is 11.8 Å². The van der Waals surface area contributed by atoms with Gasteiger partial charge in [0.05, 0.1) is 25.7 Å². The molecule has 1 N–H and O–H groups in total. The van der Waals surface area contributed by atoms with Gasteiger partial charge in [-0.25, -0.2) is 0 Å². The maximum atomic E-state index is 13.4. The van der Waals surface area contributed by atoms with E-state index in [0.29, 0.717) is 19.0 Å². The number of hydroxylamine groups is 3. The van der Waals surface area contributed by atoms with Crippen molar-refractivity contribution in [2.45, 2.75) is 25.0 Å². The van der Waals surface area contributed by atoms with E-state index >= 15 is 0 Å². The molecule has 3 fully saturated rings. The Bertz CT molecular complexity index is 809. The van der Waals surface area contributed by atoms with E-state index in [2.05, 4.69) is 11.6 Å². The third-order valence-corrected chi connectivity index (χ3v) is 6.12. The van der Waals surface area contributed by atoms with E-state index in [1.54, 1.807) is 13.3 Å². The highest BCUT2D eigenvalue weighted by Crippen LogP contribution is 2.46. The molecule has 3 aliphatic rings. The van der Waals surface area contributed by atoms with Crippen LogP contribution >= 0.6 is 0 Å². The molecule has 2 unspecified atom stereocenters. The van der Waals surface area contributed by atoms with E-state index < -0.39 is 6.10 Å². The number of benzene rings is 1. The summed E-state index contributed by atoms with van der Waals surface area (Å²) in [5.74, 6) is 1.44. The van der Waals surface area contributed by atoms with Crippen molar-refractivity contribution in [3.8, 4) is 5.75 Å². The van der Waals surface area contributed by atoms with Crippen LogP contribution in [0.3, 0.4) is 0 Å². The lowest BCUT2D eigenvalue weighted by Gasteiger charge is -2.61. The minimum Gasteiger partial charge on any atom is -0.632 e. The second-order valence-corrected chi connectivity index (χ2v) is 7.34. The summed E-state index contributed by atoms with van der Waals surface area (Å²) in [6.07, 6.45) is 4.49. The molecule has 1 aromatic heterocycles. The lowest BCUT2D eigenvalue weighted by molar-refractivity contribution is -0.929. The Balaban J connectivity index is 1.73. The molecule has 2 aromatic rings. The number of rotatable bonds is 4. The number of piperidine rings is 3. The van der Waals surface area contributed by atoms with Crippen LogP contribution in [0.4, 0.5) is 0 Å². The van der Waals surface area contributed by atoms with E-state index in [-0.39, 0.29) is 16.6 Å². The van der Waals surface area contributed by atoms with Crippen LogP contribution in [0.1, 0.15) is 24.5 Å². The van der Waals surface area contributed by atoms with Crippen LogP contribution < -0.4 is 4.74 Å². The average Bonchev–Trinajstić information content (AvgIpc) is 2.66. The van der Waals surface area contributed by atoms with Crippen molar-refractivity contribution in [2.75, 3.05) is 20.2 Å². The molecule has 0 amide bonds. The van der Waals surface area contributed by atoms with Gasteiger partial charge in [0, 0.05) is 30.3 Å². The molecule has 0 saturated carbocycles. The summed E-state index contributed by atoms with van der Waals surface area (Å²) in [5.41, 5.74) is 1.57. The van der Waals surface area contributed by atoms with E-state index in [1.165, 1.54) is 0 Å². The number of aliphatic hydroxyl groups is 1. The molecule has 0 radical (unpaired) electrons. The molecule has 5 heteroatoms. The molecule has 4 heterocycles. The minimum absolute atomic E-state index is 0.268. The van der Waals surface area contributed by atoms with Gasteiger partial charge in [0.15, 0.2) is 0 Å². The second-order valence-electron chi connectivity index (χ2n) is 7.34. The van der Waals surface area contributed by atoms with Gasteiger partial charge in [-0.2, -0.15) is 0 Å². The van der Waals surface area contributed by atoms with Crippen LogP contribution in [0.5, 0.6) is 5.75 Å². The van der Waals surface area contributed by atoms with E-state index in [1.807, 2.05) is 30.3 Å². The van der Waals surface area contributed by atoms with Gasteiger partial charge in [0.25, 0.3) is 0 Å². The predicted molar refractivity (Wildman–Crippen MR) is 96.8 cm³/mol. The highest BCUT2D eigenvalue weighted by Gasteiger charge is 2.49. The summed E-state index contributed by atoms with van der Waals surface area (Å²) < 4.78 is 5.00. The van der Waals surface area contributed by atoms with Crippen LogP contribution in [-0.2, 0) is 0 Å². The number of fused-ring (bicyclic) bond motifs is 4. The maximum absolute atomic E-state index is 13.4. The number of methoxy groups -OCH3 is 1. The molecule has 5 rings (SSSR count).